The summed E-state index contributed by atoms with van der Waals surface area (Å²) in [5.74, 6) is -0.983. The van der Waals surface area contributed by atoms with E-state index >= 15 is 0 Å². The van der Waals surface area contributed by atoms with Crippen LogP contribution in [-0.2, 0) is 9.59 Å². The molecule has 7 nitrogen and oxygen atoms in total. The number of aliphatic carboxylic acids is 1. The third kappa shape index (κ3) is 6.14. The van der Waals surface area contributed by atoms with Crippen molar-refractivity contribution in [1.29, 1.82) is 0 Å². The number of rotatable bonds is 8. The molecule has 0 spiro atoms. The maximum absolute atomic E-state index is 12.5. The topological polar surface area (TPSA) is 105 Å². The third-order valence-electron chi connectivity index (χ3n) is 3.82. The molecule has 1 unspecified atom stereocenters. The molecular weight excluding hydrogens is 348 g/mol. The zero-order valence-corrected chi connectivity index (χ0v) is 15.2. The van der Waals surface area contributed by atoms with Crippen LogP contribution in [-0.4, -0.2) is 29.5 Å². The highest BCUT2D eigenvalue weighted by atomic mass is 16.5. The molecule has 2 aromatic rings. The van der Waals surface area contributed by atoms with E-state index < -0.39 is 12.6 Å². The Morgan fingerprint density at radius 1 is 1.11 bits per heavy atom. The second-order valence-corrected chi connectivity index (χ2v) is 5.93. The minimum atomic E-state index is -1.04. The van der Waals surface area contributed by atoms with E-state index in [1.807, 2.05) is 6.92 Å². The summed E-state index contributed by atoms with van der Waals surface area (Å²) in [6.45, 7) is 3.19. The van der Waals surface area contributed by atoms with Gasteiger partial charge in [-0.15, -0.1) is 0 Å². The van der Waals surface area contributed by atoms with Crippen LogP contribution in [0, 0.1) is 0 Å². The molecule has 0 saturated carbocycles. The first-order chi connectivity index (χ1) is 12.9. The Morgan fingerprint density at radius 3 is 2.44 bits per heavy atom. The van der Waals surface area contributed by atoms with E-state index in [1.54, 1.807) is 55.5 Å². The molecule has 0 aliphatic heterocycles. The van der Waals surface area contributed by atoms with Gasteiger partial charge in [0.2, 0.25) is 5.91 Å². The van der Waals surface area contributed by atoms with Crippen LogP contribution in [0.2, 0.25) is 0 Å². The summed E-state index contributed by atoms with van der Waals surface area (Å²) in [5.41, 5.74) is 1.86. The lowest BCUT2D eigenvalue weighted by molar-refractivity contribution is -0.139. The fourth-order valence-corrected chi connectivity index (χ4v) is 2.35. The van der Waals surface area contributed by atoms with Gasteiger partial charge in [0.05, 0.1) is 6.04 Å². The first-order valence-electron chi connectivity index (χ1n) is 8.54. The van der Waals surface area contributed by atoms with Gasteiger partial charge >= 0.3 is 5.97 Å². The summed E-state index contributed by atoms with van der Waals surface area (Å²) >= 11 is 0. The number of hydrogen-bond donors (Lipinski definition) is 3. The molecular formula is C20H22N2O5. The van der Waals surface area contributed by atoms with Gasteiger partial charge in [0.15, 0.2) is 6.61 Å². The molecule has 2 rings (SSSR count). The molecule has 0 aliphatic rings. The summed E-state index contributed by atoms with van der Waals surface area (Å²) in [7, 11) is 0. The highest BCUT2D eigenvalue weighted by molar-refractivity contribution is 5.97. The van der Waals surface area contributed by atoms with Gasteiger partial charge in [0, 0.05) is 17.7 Å². The summed E-state index contributed by atoms with van der Waals surface area (Å²) in [5, 5.41) is 14.2. The van der Waals surface area contributed by atoms with Gasteiger partial charge in [-0.05, 0) is 42.8 Å². The molecule has 0 aliphatic carbocycles. The Balaban J connectivity index is 1.99. The van der Waals surface area contributed by atoms with E-state index in [9.17, 15) is 14.4 Å². The number of benzene rings is 2. The van der Waals surface area contributed by atoms with Crippen LogP contribution >= 0.6 is 0 Å². The average Bonchev–Trinajstić information content (AvgIpc) is 2.66. The van der Waals surface area contributed by atoms with Crippen molar-refractivity contribution in [1.82, 2.24) is 5.32 Å². The number of ether oxygens (including phenoxy) is 1. The molecule has 2 aromatic carbocycles. The molecule has 1 atom stereocenters. The average molecular weight is 370 g/mol. The van der Waals surface area contributed by atoms with E-state index in [0.29, 0.717) is 23.4 Å². The van der Waals surface area contributed by atoms with Crippen LogP contribution in [0.5, 0.6) is 5.75 Å². The van der Waals surface area contributed by atoms with Crippen LogP contribution in [0.4, 0.5) is 5.69 Å². The highest BCUT2D eigenvalue weighted by Gasteiger charge is 2.12. The van der Waals surface area contributed by atoms with E-state index in [4.69, 9.17) is 9.84 Å². The Kier molecular flexibility index (Phi) is 6.93. The fourth-order valence-electron chi connectivity index (χ4n) is 2.35. The van der Waals surface area contributed by atoms with Crippen molar-refractivity contribution in [3.8, 4) is 5.75 Å². The Bertz CT molecular complexity index is 817. The van der Waals surface area contributed by atoms with E-state index in [2.05, 4.69) is 10.6 Å². The van der Waals surface area contributed by atoms with Gasteiger partial charge in [0.1, 0.15) is 5.75 Å². The van der Waals surface area contributed by atoms with Gasteiger partial charge in [0.25, 0.3) is 5.91 Å². The summed E-state index contributed by atoms with van der Waals surface area (Å²) in [6.07, 6.45) is 0.361. The maximum atomic E-state index is 12.5. The van der Waals surface area contributed by atoms with Crippen molar-refractivity contribution >= 4 is 23.5 Å². The molecule has 3 N–H and O–H groups in total. The first-order valence-corrected chi connectivity index (χ1v) is 8.54. The number of carbonyl (C=O) groups excluding carboxylic acids is 2. The number of hydrogen-bond acceptors (Lipinski definition) is 4. The van der Waals surface area contributed by atoms with Gasteiger partial charge in [-0.25, -0.2) is 4.79 Å². The van der Waals surface area contributed by atoms with E-state index in [-0.39, 0.29) is 17.9 Å². The van der Waals surface area contributed by atoms with Crippen molar-refractivity contribution in [2.75, 3.05) is 11.9 Å². The van der Waals surface area contributed by atoms with Crippen molar-refractivity contribution < 1.29 is 24.2 Å². The Hall–Kier alpha value is -3.35. The molecule has 0 fully saturated rings. The number of carboxylic acids is 1. The molecule has 7 heteroatoms. The highest BCUT2D eigenvalue weighted by Crippen LogP contribution is 2.19. The summed E-state index contributed by atoms with van der Waals surface area (Å²) in [4.78, 5) is 34.5. The summed E-state index contributed by atoms with van der Waals surface area (Å²) in [6, 6.07) is 13.3. The van der Waals surface area contributed by atoms with Crippen LogP contribution in [0.1, 0.15) is 42.2 Å². The molecule has 142 valence electrons. The zero-order valence-electron chi connectivity index (χ0n) is 15.2. The van der Waals surface area contributed by atoms with Crippen LogP contribution in [0.3, 0.4) is 0 Å². The number of carbonyl (C=O) groups is 3. The Labute approximate surface area is 157 Å². The predicted octanol–water partition coefficient (Wildman–Crippen LogP) is 2.99. The summed E-state index contributed by atoms with van der Waals surface area (Å²) < 4.78 is 5.09. The quantitative estimate of drug-likeness (QED) is 0.663. The SMILES string of the molecule is CCC(=O)Nc1cccc(C(=O)NC(C)c2ccc(OCC(=O)O)cc2)c1. The fraction of sp³-hybridized carbons (Fsp3) is 0.250. The third-order valence-corrected chi connectivity index (χ3v) is 3.82. The number of nitrogens with one attached hydrogen (secondary N) is 2. The predicted molar refractivity (Wildman–Crippen MR) is 101 cm³/mol. The van der Waals surface area contributed by atoms with Crippen molar-refractivity contribution in [3.05, 3.63) is 59.7 Å². The van der Waals surface area contributed by atoms with Gasteiger partial charge in [-0.2, -0.15) is 0 Å². The van der Waals surface area contributed by atoms with Crippen molar-refractivity contribution in [2.45, 2.75) is 26.3 Å². The minimum Gasteiger partial charge on any atom is -0.482 e. The molecule has 0 heterocycles. The number of amides is 2. The largest absolute Gasteiger partial charge is 0.482 e. The lowest BCUT2D eigenvalue weighted by atomic mass is 10.1. The molecule has 2 amide bonds. The number of anilines is 1. The molecule has 0 saturated heterocycles. The van der Waals surface area contributed by atoms with E-state index in [1.165, 1.54) is 0 Å². The second kappa shape index (κ2) is 9.38. The lowest BCUT2D eigenvalue weighted by Gasteiger charge is -2.15. The maximum Gasteiger partial charge on any atom is 0.341 e. The van der Waals surface area contributed by atoms with Crippen LogP contribution in [0.15, 0.2) is 48.5 Å². The van der Waals surface area contributed by atoms with E-state index in [0.717, 1.165) is 5.56 Å². The Morgan fingerprint density at radius 2 is 1.81 bits per heavy atom. The van der Waals surface area contributed by atoms with Crippen molar-refractivity contribution in [2.24, 2.45) is 0 Å². The lowest BCUT2D eigenvalue weighted by Crippen LogP contribution is -2.26. The first kappa shape index (κ1) is 20.0. The monoisotopic (exact) mass is 370 g/mol. The molecule has 27 heavy (non-hydrogen) atoms. The minimum absolute atomic E-state index is 0.119. The van der Waals surface area contributed by atoms with Gasteiger partial charge in [-0.1, -0.05) is 25.1 Å². The van der Waals surface area contributed by atoms with Gasteiger partial charge in [-0.3, -0.25) is 9.59 Å². The zero-order chi connectivity index (χ0) is 19.8. The molecule has 0 aromatic heterocycles. The number of carboxylic acid groups (broad SMARTS) is 1. The second-order valence-electron chi connectivity index (χ2n) is 5.93. The van der Waals surface area contributed by atoms with Crippen LogP contribution < -0.4 is 15.4 Å². The smallest absolute Gasteiger partial charge is 0.341 e. The molecule has 0 radical (unpaired) electrons. The van der Waals surface area contributed by atoms with Crippen LogP contribution in [0.25, 0.3) is 0 Å². The normalized spacial score (nSPS) is 11.3. The standard InChI is InChI=1S/C20H22N2O5/c1-3-18(23)22-16-6-4-5-15(11-16)20(26)21-13(2)14-7-9-17(10-8-14)27-12-19(24)25/h4-11,13H,3,12H2,1-2H3,(H,21,26)(H,22,23)(H,24,25). The van der Waals surface area contributed by atoms with Gasteiger partial charge < -0.3 is 20.5 Å². The molecule has 0 bridgehead atoms. The van der Waals surface area contributed by atoms with Crippen molar-refractivity contribution in [3.63, 3.8) is 0 Å².